The highest BCUT2D eigenvalue weighted by molar-refractivity contribution is 6.29. The van der Waals surface area contributed by atoms with Crippen LogP contribution in [-0.4, -0.2) is 33.2 Å². The first-order valence-electron chi connectivity index (χ1n) is 4.90. The van der Waals surface area contributed by atoms with Crippen LogP contribution in [0.1, 0.15) is 23.8 Å². The van der Waals surface area contributed by atoms with Gasteiger partial charge in [0.25, 0.3) is 5.91 Å². The van der Waals surface area contributed by atoms with Crippen molar-refractivity contribution < 1.29 is 9.59 Å². The number of imide groups is 1. The average molecular weight is 240 g/mol. The van der Waals surface area contributed by atoms with Gasteiger partial charge in [0.15, 0.2) is 0 Å². The van der Waals surface area contributed by atoms with Gasteiger partial charge < -0.3 is 0 Å². The van der Waals surface area contributed by atoms with E-state index in [1.165, 1.54) is 17.3 Å². The quantitative estimate of drug-likeness (QED) is 0.690. The number of likely N-dealkylation sites (tertiary alicyclic amines) is 1. The Kier molecular flexibility index (Phi) is 2.87. The SMILES string of the molecule is CC1CC(=O)N(C(=O)c2cnc(Cl)cn2)C1. The Morgan fingerprint density at radius 1 is 1.50 bits per heavy atom. The van der Waals surface area contributed by atoms with E-state index in [4.69, 9.17) is 11.6 Å². The number of nitrogens with zero attached hydrogens (tertiary/aromatic N) is 3. The first-order valence-corrected chi connectivity index (χ1v) is 5.28. The third-order valence-electron chi connectivity index (χ3n) is 2.40. The molecule has 5 nitrogen and oxygen atoms in total. The van der Waals surface area contributed by atoms with Gasteiger partial charge in [-0.15, -0.1) is 0 Å². The van der Waals surface area contributed by atoms with Crippen molar-refractivity contribution in [2.75, 3.05) is 6.54 Å². The topological polar surface area (TPSA) is 63.2 Å². The third kappa shape index (κ3) is 2.04. The van der Waals surface area contributed by atoms with Gasteiger partial charge in [-0.3, -0.25) is 14.5 Å². The van der Waals surface area contributed by atoms with Crippen molar-refractivity contribution in [1.82, 2.24) is 14.9 Å². The number of halogens is 1. The van der Waals surface area contributed by atoms with Gasteiger partial charge >= 0.3 is 0 Å². The van der Waals surface area contributed by atoms with Gasteiger partial charge in [0.2, 0.25) is 5.91 Å². The summed E-state index contributed by atoms with van der Waals surface area (Å²) in [6.45, 7) is 2.38. The summed E-state index contributed by atoms with van der Waals surface area (Å²) in [7, 11) is 0. The molecule has 0 bridgehead atoms. The van der Waals surface area contributed by atoms with E-state index in [1.807, 2.05) is 6.92 Å². The summed E-state index contributed by atoms with van der Waals surface area (Å²) in [4.78, 5) is 32.2. The molecule has 1 fully saturated rings. The maximum Gasteiger partial charge on any atom is 0.280 e. The highest BCUT2D eigenvalue weighted by atomic mass is 35.5. The number of aromatic nitrogens is 2. The van der Waals surface area contributed by atoms with Gasteiger partial charge in [-0.2, -0.15) is 0 Å². The van der Waals surface area contributed by atoms with Crippen molar-refractivity contribution in [2.24, 2.45) is 5.92 Å². The maximum atomic E-state index is 11.9. The van der Waals surface area contributed by atoms with Crippen molar-refractivity contribution in [3.8, 4) is 0 Å². The van der Waals surface area contributed by atoms with Crippen molar-refractivity contribution in [3.05, 3.63) is 23.2 Å². The molecule has 2 amide bonds. The average Bonchev–Trinajstić information content (AvgIpc) is 2.58. The zero-order valence-corrected chi connectivity index (χ0v) is 9.44. The van der Waals surface area contributed by atoms with Gasteiger partial charge in [-0.1, -0.05) is 18.5 Å². The van der Waals surface area contributed by atoms with E-state index in [2.05, 4.69) is 9.97 Å². The standard InChI is InChI=1S/C10H10ClN3O2/c1-6-2-9(15)14(5-6)10(16)7-3-13-8(11)4-12-7/h3-4,6H,2,5H2,1H3. The first-order chi connectivity index (χ1) is 7.58. The molecular weight excluding hydrogens is 230 g/mol. The molecule has 0 spiro atoms. The molecule has 1 saturated heterocycles. The molecule has 0 saturated carbocycles. The third-order valence-corrected chi connectivity index (χ3v) is 2.60. The molecule has 6 heteroatoms. The lowest BCUT2D eigenvalue weighted by molar-refractivity contribution is -0.125. The molecular formula is C10H10ClN3O2. The van der Waals surface area contributed by atoms with Crippen LogP contribution >= 0.6 is 11.6 Å². The fraction of sp³-hybridized carbons (Fsp3) is 0.400. The zero-order valence-electron chi connectivity index (χ0n) is 8.68. The number of rotatable bonds is 1. The second-order valence-corrected chi connectivity index (χ2v) is 4.23. The minimum Gasteiger partial charge on any atom is -0.277 e. The summed E-state index contributed by atoms with van der Waals surface area (Å²) in [5, 5.41) is 0.220. The van der Waals surface area contributed by atoms with Crippen LogP contribution in [0, 0.1) is 5.92 Å². The van der Waals surface area contributed by atoms with Crippen molar-refractivity contribution >= 4 is 23.4 Å². The Morgan fingerprint density at radius 3 is 2.75 bits per heavy atom. The summed E-state index contributed by atoms with van der Waals surface area (Å²) in [6.07, 6.45) is 2.98. The van der Waals surface area contributed by atoms with E-state index in [1.54, 1.807) is 0 Å². The predicted octanol–water partition coefficient (Wildman–Crippen LogP) is 1.14. The van der Waals surface area contributed by atoms with Crippen molar-refractivity contribution in [2.45, 2.75) is 13.3 Å². The molecule has 1 unspecified atom stereocenters. The summed E-state index contributed by atoms with van der Waals surface area (Å²) in [5.41, 5.74) is 0.145. The van der Waals surface area contributed by atoms with Crippen LogP contribution in [0.2, 0.25) is 5.15 Å². The second-order valence-electron chi connectivity index (χ2n) is 3.84. The van der Waals surface area contributed by atoms with Crippen LogP contribution in [0.5, 0.6) is 0 Å². The zero-order chi connectivity index (χ0) is 11.7. The summed E-state index contributed by atoms with van der Waals surface area (Å²) < 4.78 is 0. The van der Waals surface area contributed by atoms with Gasteiger partial charge in [-0.25, -0.2) is 9.97 Å². The monoisotopic (exact) mass is 239 g/mol. The molecule has 2 heterocycles. The Hall–Kier alpha value is -1.49. The minimum absolute atomic E-state index is 0.145. The van der Waals surface area contributed by atoms with Crippen LogP contribution in [-0.2, 0) is 4.79 Å². The fourth-order valence-corrected chi connectivity index (χ4v) is 1.74. The van der Waals surface area contributed by atoms with Gasteiger partial charge in [0.1, 0.15) is 10.8 Å². The van der Waals surface area contributed by atoms with Crippen molar-refractivity contribution in [1.29, 1.82) is 0 Å². The number of hydrogen-bond acceptors (Lipinski definition) is 4. The van der Waals surface area contributed by atoms with E-state index in [-0.39, 0.29) is 22.7 Å². The number of hydrogen-bond donors (Lipinski definition) is 0. The van der Waals surface area contributed by atoms with E-state index < -0.39 is 5.91 Å². The van der Waals surface area contributed by atoms with Crippen LogP contribution in [0.25, 0.3) is 0 Å². The van der Waals surface area contributed by atoms with E-state index in [0.717, 1.165) is 0 Å². The van der Waals surface area contributed by atoms with E-state index in [9.17, 15) is 9.59 Å². The molecule has 1 aliphatic rings. The lowest BCUT2D eigenvalue weighted by Crippen LogP contribution is -2.32. The number of carbonyl (C=O) groups is 2. The predicted molar refractivity (Wildman–Crippen MR) is 56.9 cm³/mol. The Bertz CT molecular complexity index is 432. The van der Waals surface area contributed by atoms with Crippen LogP contribution in [0.4, 0.5) is 0 Å². The molecule has 2 rings (SSSR count). The summed E-state index contributed by atoms with van der Waals surface area (Å²) >= 11 is 5.56. The molecule has 1 atom stereocenters. The fourth-order valence-electron chi connectivity index (χ4n) is 1.64. The maximum absolute atomic E-state index is 11.9. The van der Waals surface area contributed by atoms with E-state index >= 15 is 0 Å². The Morgan fingerprint density at radius 2 is 2.25 bits per heavy atom. The van der Waals surface area contributed by atoms with Gasteiger partial charge in [0, 0.05) is 13.0 Å². The second kappa shape index (κ2) is 4.17. The Labute approximate surface area is 97.4 Å². The molecule has 0 N–H and O–H groups in total. The number of amides is 2. The molecule has 16 heavy (non-hydrogen) atoms. The highest BCUT2D eigenvalue weighted by Crippen LogP contribution is 2.18. The first kappa shape index (κ1) is 11.0. The smallest absolute Gasteiger partial charge is 0.277 e. The molecule has 1 aromatic heterocycles. The molecule has 0 radical (unpaired) electrons. The largest absolute Gasteiger partial charge is 0.280 e. The highest BCUT2D eigenvalue weighted by Gasteiger charge is 2.32. The lowest BCUT2D eigenvalue weighted by atomic mass is 10.2. The summed E-state index contributed by atoms with van der Waals surface area (Å²) in [5.74, 6) is -0.357. The summed E-state index contributed by atoms with van der Waals surface area (Å²) in [6, 6.07) is 0. The van der Waals surface area contributed by atoms with Gasteiger partial charge in [-0.05, 0) is 5.92 Å². The molecule has 0 aliphatic carbocycles. The molecule has 1 aliphatic heterocycles. The Balaban J connectivity index is 2.19. The van der Waals surface area contributed by atoms with Crippen LogP contribution < -0.4 is 0 Å². The molecule has 0 aromatic carbocycles. The molecule has 84 valence electrons. The van der Waals surface area contributed by atoms with E-state index in [0.29, 0.717) is 13.0 Å². The van der Waals surface area contributed by atoms with Crippen LogP contribution in [0.15, 0.2) is 12.4 Å². The molecule has 1 aromatic rings. The normalized spacial score (nSPS) is 20.2. The van der Waals surface area contributed by atoms with Crippen molar-refractivity contribution in [3.63, 3.8) is 0 Å². The van der Waals surface area contributed by atoms with Gasteiger partial charge in [0.05, 0.1) is 12.4 Å². The minimum atomic E-state index is -0.404. The lowest BCUT2D eigenvalue weighted by Gasteiger charge is -2.12. The van der Waals surface area contributed by atoms with Crippen LogP contribution in [0.3, 0.4) is 0 Å². The number of carbonyl (C=O) groups excluding carboxylic acids is 2.